The maximum Gasteiger partial charge on any atom is 0.257 e. The number of guanidine groups is 1. The Balaban J connectivity index is 1.78. The average Bonchev–Trinajstić information content (AvgIpc) is 3.00. The SMILES string of the molecule is COc1ccc(NC(=NCCc2c(C)nn(C)c2C)NC(=O)c2cccc(C)c2)cc1. The fraction of sp³-hybridized carbons (Fsp3) is 0.292. The number of carbonyl (C=O) groups is 1. The fourth-order valence-electron chi connectivity index (χ4n) is 3.35. The number of ether oxygens (including phenoxy) is 1. The van der Waals surface area contributed by atoms with E-state index in [1.807, 2.05) is 68.0 Å². The Morgan fingerprint density at radius 2 is 1.87 bits per heavy atom. The van der Waals surface area contributed by atoms with Crippen molar-refractivity contribution in [1.82, 2.24) is 15.1 Å². The van der Waals surface area contributed by atoms with E-state index in [0.717, 1.165) is 34.8 Å². The van der Waals surface area contributed by atoms with Gasteiger partial charge in [0.05, 0.1) is 12.8 Å². The number of carbonyl (C=O) groups excluding carboxylic acids is 1. The first-order chi connectivity index (χ1) is 14.9. The van der Waals surface area contributed by atoms with Crippen LogP contribution in [0.2, 0.25) is 0 Å². The Kier molecular flexibility index (Phi) is 7.07. The lowest BCUT2D eigenvalue weighted by atomic mass is 10.1. The van der Waals surface area contributed by atoms with Gasteiger partial charge in [0.15, 0.2) is 0 Å². The van der Waals surface area contributed by atoms with Crippen molar-refractivity contribution in [3.63, 3.8) is 0 Å². The number of aromatic nitrogens is 2. The van der Waals surface area contributed by atoms with E-state index >= 15 is 0 Å². The normalized spacial score (nSPS) is 11.3. The average molecular weight is 420 g/mol. The van der Waals surface area contributed by atoms with Gasteiger partial charge in [0.1, 0.15) is 5.75 Å². The Hall–Kier alpha value is -3.61. The summed E-state index contributed by atoms with van der Waals surface area (Å²) in [5.41, 5.74) is 5.72. The molecule has 31 heavy (non-hydrogen) atoms. The van der Waals surface area contributed by atoms with Crippen molar-refractivity contribution >= 4 is 17.6 Å². The van der Waals surface area contributed by atoms with Crippen LogP contribution in [0.1, 0.15) is 32.9 Å². The molecule has 0 unspecified atom stereocenters. The van der Waals surface area contributed by atoms with Crippen molar-refractivity contribution < 1.29 is 9.53 Å². The summed E-state index contributed by atoms with van der Waals surface area (Å²) in [7, 11) is 3.56. The summed E-state index contributed by atoms with van der Waals surface area (Å²) in [6.07, 6.45) is 0.736. The van der Waals surface area contributed by atoms with Gasteiger partial charge in [0.25, 0.3) is 5.91 Å². The molecule has 0 spiro atoms. The zero-order valence-corrected chi connectivity index (χ0v) is 18.7. The summed E-state index contributed by atoms with van der Waals surface area (Å²) in [4.78, 5) is 17.4. The Bertz CT molecular complexity index is 1080. The zero-order chi connectivity index (χ0) is 22.4. The Labute approximate surface area is 183 Å². The van der Waals surface area contributed by atoms with E-state index in [0.29, 0.717) is 18.1 Å². The third-order valence-electron chi connectivity index (χ3n) is 5.16. The first kappa shape index (κ1) is 22.1. The van der Waals surface area contributed by atoms with Crippen LogP contribution in [0, 0.1) is 20.8 Å². The molecule has 0 atom stereocenters. The van der Waals surface area contributed by atoms with E-state index in [4.69, 9.17) is 4.74 Å². The highest BCUT2D eigenvalue weighted by Crippen LogP contribution is 2.16. The van der Waals surface area contributed by atoms with E-state index in [9.17, 15) is 4.79 Å². The minimum Gasteiger partial charge on any atom is -0.497 e. The lowest BCUT2D eigenvalue weighted by molar-refractivity contribution is 0.0977. The monoisotopic (exact) mass is 419 g/mol. The third kappa shape index (κ3) is 5.72. The molecule has 0 saturated heterocycles. The molecule has 7 nitrogen and oxygen atoms in total. The minimum atomic E-state index is -0.211. The first-order valence-electron chi connectivity index (χ1n) is 10.2. The highest BCUT2D eigenvalue weighted by Gasteiger charge is 2.12. The number of benzene rings is 2. The summed E-state index contributed by atoms with van der Waals surface area (Å²) in [6.45, 7) is 6.52. The molecule has 2 aromatic carbocycles. The second-order valence-corrected chi connectivity index (χ2v) is 7.43. The summed E-state index contributed by atoms with van der Waals surface area (Å²) in [6, 6.07) is 14.9. The van der Waals surface area contributed by atoms with Crippen LogP contribution >= 0.6 is 0 Å². The van der Waals surface area contributed by atoms with Crippen molar-refractivity contribution in [3.8, 4) is 5.75 Å². The van der Waals surface area contributed by atoms with Crippen LogP contribution in [-0.2, 0) is 13.5 Å². The molecule has 0 fully saturated rings. The van der Waals surface area contributed by atoms with Gasteiger partial charge in [-0.25, -0.2) is 0 Å². The fourth-order valence-corrected chi connectivity index (χ4v) is 3.35. The van der Waals surface area contributed by atoms with E-state index < -0.39 is 0 Å². The van der Waals surface area contributed by atoms with Crippen LogP contribution in [0.25, 0.3) is 0 Å². The number of nitrogens with zero attached hydrogens (tertiary/aromatic N) is 3. The van der Waals surface area contributed by atoms with Gasteiger partial charge in [0.2, 0.25) is 5.96 Å². The molecule has 0 aliphatic carbocycles. The van der Waals surface area contributed by atoms with E-state index in [-0.39, 0.29) is 5.91 Å². The summed E-state index contributed by atoms with van der Waals surface area (Å²) < 4.78 is 7.09. The third-order valence-corrected chi connectivity index (χ3v) is 5.16. The lowest BCUT2D eigenvalue weighted by Crippen LogP contribution is -2.36. The van der Waals surface area contributed by atoms with Crippen molar-refractivity contribution in [2.24, 2.45) is 12.0 Å². The van der Waals surface area contributed by atoms with Crippen LogP contribution in [0.4, 0.5) is 5.69 Å². The number of aryl methyl sites for hydroxylation is 3. The molecule has 2 N–H and O–H groups in total. The second-order valence-electron chi connectivity index (χ2n) is 7.43. The van der Waals surface area contributed by atoms with Gasteiger partial charge in [-0.2, -0.15) is 5.10 Å². The maximum atomic E-state index is 12.8. The highest BCUT2D eigenvalue weighted by atomic mass is 16.5. The van der Waals surface area contributed by atoms with Crippen LogP contribution in [0.15, 0.2) is 53.5 Å². The number of aliphatic imine (C=N–C) groups is 1. The van der Waals surface area contributed by atoms with Crippen molar-refractivity contribution in [2.45, 2.75) is 27.2 Å². The minimum absolute atomic E-state index is 0.211. The second kappa shape index (κ2) is 9.93. The molecule has 3 aromatic rings. The number of hydrogen-bond donors (Lipinski definition) is 2. The number of methoxy groups -OCH3 is 1. The quantitative estimate of drug-likeness (QED) is 0.471. The number of hydrogen-bond acceptors (Lipinski definition) is 4. The molecule has 162 valence electrons. The molecule has 0 bridgehead atoms. The molecule has 1 heterocycles. The molecule has 0 aliphatic rings. The van der Waals surface area contributed by atoms with Crippen LogP contribution in [0.5, 0.6) is 5.75 Å². The number of amides is 1. The van der Waals surface area contributed by atoms with Gasteiger partial charge in [-0.3, -0.25) is 19.8 Å². The molecule has 1 aromatic heterocycles. The smallest absolute Gasteiger partial charge is 0.257 e. The van der Waals surface area contributed by atoms with Gasteiger partial charge in [-0.15, -0.1) is 0 Å². The largest absolute Gasteiger partial charge is 0.497 e. The molecule has 0 radical (unpaired) electrons. The van der Waals surface area contributed by atoms with E-state index in [1.165, 1.54) is 5.56 Å². The summed E-state index contributed by atoms with van der Waals surface area (Å²) in [5, 5.41) is 10.6. The standard InChI is InChI=1S/C24H29N5O2/c1-16-7-6-8-19(15-16)23(30)27-24(26-20-9-11-21(31-5)12-10-20)25-14-13-22-17(2)28-29(4)18(22)3/h6-12,15H,13-14H2,1-5H3,(H2,25,26,27,30). The predicted molar refractivity (Wildman–Crippen MR) is 124 cm³/mol. The van der Waals surface area contributed by atoms with Crippen molar-refractivity contribution in [3.05, 3.63) is 76.6 Å². The molecule has 7 heteroatoms. The van der Waals surface area contributed by atoms with Gasteiger partial charge >= 0.3 is 0 Å². The molecular weight excluding hydrogens is 390 g/mol. The number of nitrogens with one attached hydrogen (secondary N) is 2. The molecule has 0 aliphatic heterocycles. The van der Waals surface area contributed by atoms with Gasteiger partial charge in [-0.05, 0) is 69.2 Å². The number of anilines is 1. The maximum absolute atomic E-state index is 12.8. The van der Waals surface area contributed by atoms with Crippen LogP contribution in [0.3, 0.4) is 0 Å². The zero-order valence-electron chi connectivity index (χ0n) is 18.7. The Morgan fingerprint density at radius 1 is 1.13 bits per heavy atom. The highest BCUT2D eigenvalue weighted by molar-refractivity contribution is 6.10. The van der Waals surface area contributed by atoms with Gasteiger partial charge in [-0.1, -0.05) is 17.7 Å². The van der Waals surface area contributed by atoms with Crippen LogP contribution in [-0.4, -0.2) is 35.3 Å². The number of rotatable bonds is 6. The van der Waals surface area contributed by atoms with Crippen LogP contribution < -0.4 is 15.4 Å². The van der Waals surface area contributed by atoms with E-state index in [2.05, 4.69) is 27.6 Å². The van der Waals surface area contributed by atoms with E-state index in [1.54, 1.807) is 13.2 Å². The summed E-state index contributed by atoms with van der Waals surface area (Å²) >= 11 is 0. The predicted octanol–water partition coefficient (Wildman–Crippen LogP) is 3.79. The first-order valence-corrected chi connectivity index (χ1v) is 10.2. The molecule has 0 saturated carbocycles. The molecular formula is C24H29N5O2. The summed E-state index contributed by atoms with van der Waals surface area (Å²) in [5.74, 6) is 0.948. The lowest BCUT2D eigenvalue weighted by Gasteiger charge is -2.13. The van der Waals surface area contributed by atoms with Crippen molar-refractivity contribution in [2.75, 3.05) is 19.0 Å². The topological polar surface area (TPSA) is 80.5 Å². The van der Waals surface area contributed by atoms with Gasteiger partial charge in [0, 0.05) is 30.5 Å². The molecule has 3 rings (SSSR count). The van der Waals surface area contributed by atoms with Crippen molar-refractivity contribution in [1.29, 1.82) is 0 Å². The van der Waals surface area contributed by atoms with Gasteiger partial charge < -0.3 is 10.1 Å². The Morgan fingerprint density at radius 3 is 2.48 bits per heavy atom. The molecule has 1 amide bonds.